The number of benzene rings is 3. The Hall–Kier alpha value is -4.63. The van der Waals surface area contributed by atoms with E-state index in [4.69, 9.17) is 15.2 Å². The van der Waals surface area contributed by atoms with Crippen LogP contribution in [0.15, 0.2) is 84.2 Å². The Morgan fingerprint density at radius 3 is 2.43 bits per heavy atom. The number of Topliss-reactive ketones (excluding diaryl/α,β-unsaturated/α-hetero) is 1. The Balaban J connectivity index is 1.53. The van der Waals surface area contributed by atoms with Gasteiger partial charge in [0, 0.05) is 18.4 Å². The third-order valence-electron chi connectivity index (χ3n) is 9.93. The van der Waals surface area contributed by atoms with E-state index in [9.17, 15) is 25.2 Å². The Morgan fingerprint density at radius 1 is 0.957 bits per heavy atom. The van der Waals surface area contributed by atoms with Crippen molar-refractivity contribution < 1.29 is 34.7 Å². The highest BCUT2D eigenvalue weighted by Crippen LogP contribution is 2.57. The minimum atomic E-state index is -0.980. The molecule has 0 radical (unpaired) electrons. The van der Waals surface area contributed by atoms with Gasteiger partial charge >= 0.3 is 0 Å². The summed E-state index contributed by atoms with van der Waals surface area (Å²) in [6.45, 7) is 0.536. The largest absolute Gasteiger partial charge is 0.504 e. The number of hydrogen-bond donors (Lipinski definition) is 6. The molecule has 0 amide bonds. The van der Waals surface area contributed by atoms with Gasteiger partial charge < -0.3 is 41.0 Å². The number of methoxy groups -OCH3 is 2. The molecule has 3 aromatic carbocycles. The monoisotopic (exact) mass is 642 g/mol. The summed E-state index contributed by atoms with van der Waals surface area (Å²) in [4.78, 5) is 14.7. The summed E-state index contributed by atoms with van der Waals surface area (Å²) in [5.41, 5.74) is 9.36. The normalized spacial score (nSPS) is 20.4. The zero-order chi connectivity index (χ0) is 33.6. The van der Waals surface area contributed by atoms with E-state index in [-0.39, 0.29) is 41.1 Å². The standard InChI is InChI=1S/C38H46N2O7/c1-46-33-21-25(10-13-29(33)41)11-14-30(42)36(31(43)15-12-26-20-32(44)37(45)34(22-26)47-2)38(28-16-18-40-35(39)23-28)17-6-9-27(38)19-24-7-4-3-5-8-24/h3-5,7-8,10,13,16,20-23,27,30,36,40-42,44-45H,6,9,11-12,14-15,17-19,39H2,1-2H3. The third kappa shape index (κ3) is 7.36. The van der Waals surface area contributed by atoms with Crippen LogP contribution in [0.4, 0.5) is 0 Å². The number of aromatic hydroxyl groups is 3. The number of ether oxygens (including phenoxy) is 2. The van der Waals surface area contributed by atoms with Crippen LogP contribution in [-0.4, -0.2) is 53.1 Å². The van der Waals surface area contributed by atoms with E-state index < -0.39 is 17.4 Å². The van der Waals surface area contributed by atoms with Gasteiger partial charge in [0.2, 0.25) is 5.75 Å². The summed E-state index contributed by atoms with van der Waals surface area (Å²) in [7, 11) is 2.90. The molecule has 1 aliphatic heterocycles. The third-order valence-corrected chi connectivity index (χ3v) is 9.93. The number of aryl methyl sites for hydroxylation is 2. The number of aliphatic hydroxyl groups excluding tert-OH is 1. The molecule has 47 heavy (non-hydrogen) atoms. The zero-order valence-corrected chi connectivity index (χ0v) is 27.1. The predicted molar refractivity (Wildman–Crippen MR) is 180 cm³/mol. The van der Waals surface area contributed by atoms with Crippen LogP contribution in [0, 0.1) is 17.3 Å². The van der Waals surface area contributed by atoms with Gasteiger partial charge in [-0.1, -0.05) is 48.9 Å². The molecule has 0 saturated heterocycles. The highest BCUT2D eigenvalue weighted by atomic mass is 16.5. The lowest BCUT2D eigenvalue weighted by molar-refractivity contribution is -0.133. The second-order valence-corrected chi connectivity index (χ2v) is 12.7. The first-order valence-corrected chi connectivity index (χ1v) is 16.3. The first kappa shape index (κ1) is 33.7. The first-order chi connectivity index (χ1) is 22.7. The van der Waals surface area contributed by atoms with Crippen LogP contribution >= 0.6 is 0 Å². The van der Waals surface area contributed by atoms with Gasteiger partial charge in [0.15, 0.2) is 23.0 Å². The van der Waals surface area contributed by atoms with Crippen molar-refractivity contribution in [1.82, 2.24) is 5.32 Å². The first-order valence-electron chi connectivity index (χ1n) is 16.3. The lowest BCUT2D eigenvalue weighted by Gasteiger charge is -2.46. The number of phenols is 3. The van der Waals surface area contributed by atoms with Crippen molar-refractivity contribution in [2.24, 2.45) is 23.0 Å². The number of dihydropyridines is 1. The van der Waals surface area contributed by atoms with E-state index in [0.29, 0.717) is 42.9 Å². The average Bonchev–Trinajstić information content (AvgIpc) is 3.48. The van der Waals surface area contributed by atoms with Crippen molar-refractivity contribution in [3.63, 3.8) is 0 Å². The van der Waals surface area contributed by atoms with Crippen LogP contribution in [0.2, 0.25) is 0 Å². The van der Waals surface area contributed by atoms with E-state index in [1.165, 1.54) is 25.8 Å². The summed E-state index contributed by atoms with van der Waals surface area (Å²) < 4.78 is 10.5. The van der Waals surface area contributed by atoms with Crippen molar-refractivity contribution in [3.05, 3.63) is 101 Å². The topological polar surface area (TPSA) is 154 Å². The molecule has 9 heteroatoms. The van der Waals surface area contributed by atoms with Gasteiger partial charge in [-0.05, 0) is 97.0 Å². The van der Waals surface area contributed by atoms with Crippen LogP contribution in [0.25, 0.3) is 0 Å². The lowest BCUT2D eigenvalue weighted by atomic mass is 9.58. The van der Waals surface area contributed by atoms with Crippen molar-refractivity contribution >= 4 is 5.78 Å². The number of ketones is 1. The zero-order valence-electron chi connectivity index (χ0n) is 27.1. The molecular weight excluding hydrogens is 596 g/mol. The number of nitrogens with one attached hydrogen (secondary N) is 1. The minimum absolute atomic E-state index is 0.0395. The Labute approximate surface area is 276 Å². The van der Waals surface area contributed by atoms with Gasteiger partial charge in [0.05, 0.1) is 32.1 Å². The fraction of sp³-hybridized carbons (Fsp3) is 0.395. The molecule has 4 atom stereocenters. The molecule has 4 unspecified atom stereocenters. The van der Waals surface area contributed by atoms with E-state index in [1.807, 2.05) is 24.3 Å². The highest BCUT2D eigenvalue weighted by molar-refractivity contribution is 5.83. The molecular formula is C38H46N2O7. The molecule has 1 saturated carbocycles. The molecule has 2 aliphatic rings. The highest BCUT2D eigenvalue weighted by Gasteiger charge is 2.54. The van der Waals surface area contributed by atoms with Crippen LogP contribution < -0.4 is 20.5 Å². The summed E-state index contributed by atoms with van der Waals surface area (Å²) in [5, 5.41) is 45.9. The predicted octanol–water partition coefficient (Wildman–Crippen LogP) is 5.29. The van der Waals surface area contributed by atoms with Crippen LogP contribution in [0.5, 0.6) is 28.7 Å². The number of hydrogen-bond acceptors (Lipinski definition) is 9. The Kier molecular flexibility index (Phi) is 10.7. The fourth-order valence-corrected chi connectivity index (χ4v) is 7.71. The van der Waals surface area contributed by atoms with Gasteiger partial charge in [0.1, 0.15) is 5.78 Å². The maximum absolute atomic E-state index is 14.7. The summed E-state index contributed by atoms with van der Waals surface area (Å²) >= 11 is 0. The molecule has 5 rings (SSSR count). The lowest BCUT2D eigenvalue weighted by Crippen LogP contribution is -2.48. The summed E-state index contributed by atoms with van der Waals surface area (Å²) in [5.74, 6) is -0.336. The molecule has 9 nitrogen and oxygen atoms in total. The molecule has 1 aliphatic carbocycles. The second kappa shape index (κ2) is 14.9. The molecule has 1 fully saturated rings. The van der Waals surface area contributed by atoms with E-state index in [1.54, 1.807) is 24.3 Å². The number of rotatable bonds is 14. The molecule has 7 N–H and O–H groups in total. The van der Waals surface area contributed by atoms with Gasteiger partial charge in [-0.2, -0.15) is 0 Å². The van der Waals surface area contributed by atoms with Crippen molar-refractivity contribution in [3.8, 4) is 28.7 Å². The van der Waals surface area contributed by atoms with Crippen molar-refractivity contribution in [1.29, 1.82) is 0 Å². The maximum atomic E-state index is 14.7. The number of phenolic OH excluding ortho intramolecular Hbond substituents is 3. The molecule has 0 spiro atoms. The number of aliphatic hydroxyl groups is 1. The number of nitrogens with two attached hydrogens (primary N) is 1. The van der Waals surface area contributed by atoms with Crippen molar-refractivity contribution in [2.75, 3.05) is 20.8 Å². The second-order valence-electron chi connectivity index (χ2n) is 12.7. The Bertz CT molecular complexity index is 1620. The quantitative estimate of drug-likeness (QED) is 0.129. The Morgan fingerprint density at radius 2 is 1.70 bits per heavy atom. The van der Waals surface area contributed by atoms with Crippen molar-refractivity contribution in [2.45, 2.75) is 57.5 Å². The fourth-order valence-electron chi connectivity index (χ4n) is 7.71. The van der Waals surface area contributed by atoms with Crippen LogP contribution in [-0.2, 0) is 24.1 Å². The minimum Gasteiger partial charge on any atom is -0.504 e. The van der Waals surface area contributed by atoms with Crippen LogP contribution in [0.1, 0.15) is 48.8 Å². The van der Waals surface area contributed by atoms with E-state index in [0.717, 1.165) is 36.8 Å². The summed E-state index contributed by atoms with van der Waals surface area (Å²) in [6, 6.07) is 18.5. The van der Waals surface area contributed by atoms with Gasteiger partial charge in [-0.25, -0.2) is 0 Å². The SMILES string of the molecule is COc1cc(CCC(O)C(C(=O)CCc2cc(O)c(O)c(OC)c2)C2(C3=CCNC(N)=C3)CCCC2Cc2ccccc2)ccc1O. The van der Waals surface area contributed by atoms with Gasteiger partial charge in [-0.15, -0.1) is 0 Å². The number of allylic oxidation sites excluding steroid dienone is 2. The van der Waals surface area contributed by atoms with E-state index >= 15 is 0 Å². The average molecular weight is 643 g/mol. The molecule has 250 valence electrons. The number of carbonyl (C=O) groups is 1. The van der Waals surface area contributed by atoms with Gasteiger partial charge in [0.25, 0.3) is 0 Å². The maximum Gasteiger partial charge on any atom is 0.200 e. The van der Waals surface area contributed by atoms with Crippen LogP contribution in [0.3, 0.4) is 0 Å². The molecule has 0 aromatic heterocycles. The molecule has 1 heterocycles. The number of carbonyl (C=O) groups excluding carboxylic acids is 1. The smallest absolute Gasteiger partial charge is 0.200 e. The van der Waals surface area contributed by atoms with Gasteiger partial charge in [-0.3, -0.25) is 4.79 Å². The van der Waals surface area contributed by atoms with E-state index in [2.05, 4.69) is 23.5 Å². The molecule has 0 bridgehead atoms. The summed E-state index contributed by atoms with van der Waals surface area (Å²) in [6.07, 6.45) is 7.58. The molecule has 3 aromatic rings.